The van der Waals surface area contributed by atoms with Gasteiger partial charge in [0.05, 0.1) is 12.2 Å². The highest BCUT2D eigenvalue weighted by atomic mass is 16.4. The van der Waals surface area contributed by atoms with Gasteiger partial charge in [-0.15, -0.1) is 0 Å². The zero-order valence-electron chi connectivity index (χ0n) is 15.6. The van der Waals surface area contributed by atoms with Crippen molar-refractivity contribution in [1.29, 1.82) is 0 Å². The van der Waals surface area contributed by atoms with Crippen LogP contribution in [0.25, 0.3) is 22.5 Å². The standard InChI is InChI=1S/C24H19N2O3/c27-17-18-1-5-22(6-2-18)25-13-9-19(10-14-25)20-11-15-26(16-12-20)23-7-3-21(4-8-23)24(28)29/h1-16,27H,17H2/q+1/p+1. The van der Waals surface area contributed by atoms with E-state index in [2.05, 4.69) is 12.1 Å². The van der Waals surface area contributed by atoms with Crippen molar-refractivity contribution in [3.8, 4) is 22.5 Å². The molecule has 5 heteroatoms. The third kappa shape index (κ3) is 4.05. The van der Waals surface area contributed by atoms with Crippen molar-refractivity contribution < 1.29 is 24.1 Å². The number of carbonyl (C=O) groups is 1. The minimum Gasteiger partial charge on any atom is -0.478 e. The van der Waals surface area contributed by atoms with Gasteiger partial charge in [-0.05, 0) is 28.8 Å². The smallest absolute Gasteiger partial charge is 0.335 e. The number of aromatic nitrogens is 2. The van der Waals surface area contributed by atoms with Crippen LogP contribution in [0.15, 0.2) is 97.6 Å². The van der Waals surface area contributed by atoms with E-state index >= 15 is 0 Å². The molecule has 2 aromatic carbocycles. The van der Waals surface area contributed by atoms with Crippen molar-refractivity contribution in [1.82, 2.24) is 0 Å². The van der Waals surface area contributed by atoms with Crippen molar-refractivity contribution in [3.05, 3.63) is 109 Å². The van der Waals surface area contributed by atoms with Crippen LogP contribution in [0.5, 0.6) is 0 Å². The highest BCUT2D eigenvalue weighted by Gasteiger charge is 2.10. The van der Waals surface area contributed by atoms with Gasteiger partial charge in [-0.3, -0.25) is 0 Å². The summed E-state index contributed by atoms with van der Waals surface area (Å²) in [6, 6.07) is 22.7. The van der Waals surface area contributed by atoms with Crippen LogP contribution < -0.4 is 9.13 Å². The first-order valence-electron chi connectivity index (χ1n) is 9.21. The monoisotopic (exact) mass is 384 g/mol. The van der Waals surface area contributed by atoms with Crippen LogP contribution in [-0.4, -0.2) is 16.2 Å². The fraction of sp³-hybridized carbons (Fsp3) is 0.0417. The summed E-state index contributed by atoms with van der Waals surface area (Å²) in [5.41, 5.74) is 5.28. The van der Waals surface area contributed by atoms with Crippen molar-refractivity contribution in [2.24, 2.45) is 0 Å². The summed E-state index contributed by atoms with van der Waals surface area (Å²) in [6.45, 7) is 0.0432. The minimum absolute atomic E-state index is 0.0432. The van der Waals surface area contributed by atoms with Gasteiger partial charge < -0.3 is 10.2 Å². The second-order valence-corrected chi connectivity index (χ2v) is 6.66. The number of rotatable bonds is 5. The maximum absolute atomic E-state index is 11.0. The maximum Gasteiger partial charge on any atom is 0.335 e. The molecule has 0 unspecified atom stereocenters. The van der Waals surface area contributed by atoms with Gasteiger partial charge in [0, 0.05) is 48.5 Å². The van der Waals surface area contributed by atoms with Gasteiger partial charge in [0.1, 0.15) is 0 Å². The molecule has 0 radical (unpaired) electrons. The van der Waals surface area contributed by atoms with Crippen LogP contribution in [0.4, 0.5) is 0 Å². The number of hydrogen-bond acceptors (Lipinski definition) is 2. The van der Waals surface area contributed by atoms with Crippen molar-refractivity contribution in [3.63, 3.8) is 0 Å². The minimum atomic E-state index is -0.928. The molecule has 0 saturated heterocycles. The number of aliphatic hydroxyl groups is 1. The molecule has 0 aliphatic heterocycles. The number of nitrogens with zero attached hydrogens (tertiary/aromatic N) is 2. The Morgan fingerprint density at radius 3 is 1.45 bits per heavy atom. The molecular weight excluding hydrogens is 364 g/mol. The highest BCUT2D eigenvalue weighted by molar-refractivity contribution is 5.87. The molecular formula is C24H20N2O3+2. The third-order valence-corrected chi connectivity index (χ3v) is 4.82. The number of aliphatic hydroxyl groups excluding tert-OH is 1. The fourth-order valence-electron chi connectivity index (χ4n) is 3.13. The van der Waals surface area contributed by atoms with Crippen LogP contribution in [0.3, 0.4) is 0 Å². The van der Waals surface area contributed by atoms with E-state index in [4.69, 9.17) is 10.2 Å². The summed E-state index contributed by atoms with van der Waals surface area (Å²) in [5.74, 6) is -0.928. The lowest BCUT2D eigenvalue weighted by molar-refractivity contribution is -0.596. The lowest BCUT2D eigenvalue weighted by atomic mass is 10.1. The molecule has 2 N–H and O–H groups in total. The zero-order valence-corrected chi connectivity index (χ0v) is 15.6. The Morgan fingerprint density at radius 2 is 1.07 bits per heavy atom. The topological polar surface area (TPSA) is 65.3 Å². The lowest BCUT2D eigenvalue weighted by Crippen LogP contribution is -2.29. The Bertz CT molecular complexity index is 1120. The van der Waals surface area contributed by atoms with E-state index < -0.39 is 5.97 Å². The Labute approximate surface area is 168 Å². The number of benzene rings is 2. The quantitative estimate of drug-likeness (QED) is 0.520. The van der Waals surface area contributed by atoms with E-state index in [1.54, 1.807) is 24.3 Å². The maximum atomic E-state index is 11.0. The van der Waals surface area contributed by atoms with Crippen molar-refractivity contribution in [2.75, 3.05) is 0 Å². The van der Waals surface area contributed by atoms with E-state index in [9.17, 15) is 4.79 Å². The van der Waals surface area contributed by atoms with E-state index in [1.807, 2.05) is 70.3 Å². The van der Waals surface area contributed by atoms with Crippen LogP contribution >= 0.6 is 0 Å². The molecule has 0 amide bonds. The van der Waals surface area contributed by atoms with Gasteiger partial charge in [-0.2, -0.15) is 9.13 Å². The van der Waals surface area contributed by atoms with Crippen LogP contribution in [0, 0.1) is 0 Å². The molecule has 4 rings (SSSR count). The van der Waals surface area contributed by atoms with E-state index in [-0.39, 0.29) is 12.2 Å². The first-order chi connectivity index (χ1) is 14.1. The largest absolute Gasteiger partial charge is 0.478 e. The van der Waals surface area contributed by atoms with Crippen molar-refractivity contribution >= 4 is 5.97 Å². The van der Waals surface area contributed by atoms with Gasteiger partial charge in [0.25, 0.3) is 0 Å². The SMILES string of the molecule is O=C(O)c1ccc(-[n+]2ccc(-c3cc[n+](-c4ccc(CO)cc4)cc3)cc2)cc1. The molecule has 0 atom stereocenters. The lowest BCUT2D eigenvalue weighted by Gasteiger charge is -2.02. The number of aromatic carboxylic acids is 1. The van der Waals surface area contributed by atoms with Gasteiger partial charge >= 0.3 is 5.97 Å². The van der Waals surface area contributed by atoms with E-state index in [0.29, 0.717) is 0 Å². The molecule has 0 aliphatic rings. The summed E-state index contributed by atoms with van der Waals surface area (Å²) < 4.78 is 3.97. The summed E-state index contributed by atoms with van der Waals surface area (Å²) in [4.78, 5) is 11.0. The summed E-state index contributed by atoms with van der Waals surface area (Å²) >= 11 is 0. The summed E-state index contributed by atoms with van der Waals surface area (Å²) in [5, 5.41) is 18.2. The van der Waals surface area contributed by atoms with Gasteiger partial charge in [0.15, 0.2) is 24.8 Å². The first kappa shape index (κ1) is 18.5. The molecule has 0 bridgehead atoms. The fourth-order valence-corrected chi connectivity index (χ4v) is 3.13. The molecule has 0 fully saturated rings. The Morgan fingerprint density at radius 1 is 0.655 bits per heavy atom. The predicted octanol–water partition coefficient (Wildman–Crippen LogP) is 3.10. The second kappa shape index (κ2) is 8.04. The molecule has 4 aromatic rings. The molecule has 0 saturated carbocycles. The van der Waals surface area contributed by atoms with E-state index in [1.165, 1.54) is 0 Å². The summed E-state index contributed by atoms with van der Waals surface area (Å²) in [7, 11) is 0. The number of pyridine rings is 2. The Balaban J connectivity index is 1.53. The van der Waals surface area contributed by atoms with Gasteiger partial charge in [-0.25, -0.2) is 4.79 Å². The molecule has 29 heavy (non-hydrogen) atoms. The van der Waals surface area contributed by atoms with Crippen LogP contribution in [0.1, 0.15) is 15.9 Å². The van der Waals surface area contributed by atoms with Crippen LogP contribution in [0.2, 0.25) is 0 Å². The molecule has 2 aromatic heterocycles. The average molecular weight is 384 g/mol. The molecule has 2 heterocycles. The number of carboxylic acid groups (broad SMARTS) is 1. The van der Waals surface area contributed by atoms with E-state index in [0.717, 1.165) is 28.1 Å². The third-order valence-electron chi connectivity index (χ3n) is 4.82. The number of carboxylic acids is 1. The van der Waals surface area contributed by atoms with Gasteiger partial charge in [0.2, 0.25) is 11.4 Å². The van der Waals surface area contributed by atoms with Crippen molar-refractivity contribution in [2.45, 2.75) is 6.61 Å². The number of hydrogen-bond donors (Lipinski definition) is 2. The molecule has 142 valence electrons. The highest BCUT2D eigenvalue weighted by Crippen LogP contribution is 2.17. The first-order valence-corrected chi connectivity index (χ1v) is 9.21. The molecule has 5 nitrogen and oxygen atoms in total. The van der Waals surface area contributed by atoms with Crippen LogP contribution in [-0.2, 0) is 6.61 Å². The average Bonchev–Trinajstić information content (AvgIpc) is 2.79. The second-order valence-electron chi connectivity index (χ2n) is 6.66. The Hall–Kier alpha value is -3.83. The molecule has 0 aliphatic carbocycles. The predicted molar refractivity (Wildman–Crippen MR) is 108 cm³/mol. The normalized spacial score (nSPS) is 10.7. The zero-order chi connectivity index (χ0) is 20.2. The Kier molecular flexibility index (Phi) is 5.14. The molecule has 0 spiro atoms. The summed E-state index contributed by atoms with van der Waals surface area (Å²) in [6.07, 6.45) is 7.93. The van der Waals surface area contributed by atoms with Gasteiger partial charge in [-0.1, -0.05) is 12.1 Å².